The molecule has 2 aromatic heterocycles. The summed E-state index contributed by atoms with van der Waals surface area (Å²) in [6.07, 6.45) is 7.17. The predicted molar refractivity (Wildman–Crippen MR) is 72.3 cm³/mol. The van der Waals surface area contributed by atoms with Crippen molar-refractivity contribution in [3.05, 3.63) is 54.0 Å². The van der Waals surface area contributed by atoms with Gasteiger partial charge in [0.1, 0.15) is 11.6 Å². The lowest BCUT2D eigenvalue weighted by atomic mass is 10.0. The van der Waals surface area contributed by atoms with E-state index in [9.17, 15) is 4.39 Å². The van der Waals surface area contributed by atoms with Crippen LogP contribution in [0.15, 0.2) is 41.3 Å². The Kier molecular flexibility index (Phi) is 5.10. The average Bonchev–Trinajstić information content (AvgIpc) is 2.93. The second-order valence-corrected chi connectivity index (χ2v) is 4.52. The molecule has 2 heterocycles. The van der Waals surface area contributed by atoms with Gasteiger partial charge in [-0.2, -0.15) is 0 Å². The number of aromatic nitrogens is 1. The minimum absolute atomic E-state index is 0.00644. The summed E-state index contributed by atoms with van der Waals surface area (Å²) in [5.74, 6) is 0.674. The molecule has 3 nitrogen and oxygen atoms in total. The minimum atomic E-state index is -0.254. The van der Waals surface area contributed by atoms with E-state index in [2.05, 4.69) is 17.2 Å². The van der Waals surface area contributed by atoms with Gasteiger partial charge in [-0.3, -0.25) is 4.98 Å². The fourth-order valence-electron chi connectivity index (χ4n) is 2.10. The van der Waals surface area contributed by atoms with Crippen LogP contribution in [0.5, 0.6) is 0 Å². The first-order valence-electron chi connectivity index (χ1n) is 6.66. The Labute approximate surface area is 112 Å². The molecule has 0 bridgehead atoms. The number of halogens is 1. The molecule has 102 valence electrons. The Morgan fingerprint density at radius 1 is 1.42 bits per heavy atom. The Morgan fingerprint density at radius 2 is 2.32 bits per heavy atom. The van der Waals surface area contributed by atoms with E-state index in [1.165, 1.54) is 6.20 Å². The van der Waals surface area contributed by atoms with Crippen molar-refractivity contribution in [3.63, 3.8) is 0 Å². The summed E-state index contributed by atoms with van der Waals surface area (Å²) in [5, 5.41) is 3.38. The summed E-state index contributed by atoms with van der Waals surface area (Å²) >= 11 is 0. The largest absolute Gasteiger partial charge is 0.469 e. The molecule has 4 heteroatoms. The molecule has 0 fully saturated rings. The summed E-state index contributed by atoms with van der Waals surface area (Å²) in [5.41, 5.74) is 0.676. The first-order chi connectivity index (χ1) is 9.31. The lowest BCUT2D eigenvalue weighted by molar-refractivity contribution is 0.440. The van der Waals surface area contributed by atoms with E-state index in [0.29, 0.717) is 5.56 Å². The van der Waals surface area contributed by atoms with Crippen molar-refractivity contribution in [3.8, 4) is 0 Å². The van der Waals surface area contributed by atoms with Crippen molar-refractivity contribution in [1.29, 1.82) is 0 Å². The molecule has 2 rings (SSSR count). The van der Waals surface area contributed by atoms with Gasteiger partial charge in [-0.25, -0.2) is 4.39 Å². The van der Waals surface area contributed by atoms with E-state index >= 15 is 0 Å². The predicted octanol–water partition coefficient (Wildman–Crippen LogP) is 3.49. The Bertz CT molecular complexity index is 485. The molecule has 0 spiro atoms. The molecule has 0 aromatic carbocycles. The van der Waals surface area contributed by atoms with E-state index in [1.807, 2.05) is 12.1 Å². The first kappa shape index (κ1) is 13.7. The fraction of sp³-hybridized carbons (Fsp3) is 0.400. The van der Waals surface area contributed by atoms with Gasteiger partial charge >= 0.3 is 0 Å². The molecule has 0 aliphatic carbocycles. The normalized spacial score (nSPS) is 12.5. The molecule has 0 amide bonds. The van der Waals surface area contributed by atoms with Crippen molar-refractivity contribution in [1.82, 2.24) is 10.3 Å². The maximum atomic E-state index is 13.8. The van der Waals surface area contributed by atoms with Crippen molar-refractivity contribution < 1.29 is 8.81 Å². The van der Waals surface area contributed by atoms with Gasteiger partial charge < -0.3 is 9.73 Å². The molecule has 0 radical (unpaired) electrons. The number of nitrogens with one attached hydrogen (secondary N) is 1. The Morgan fingerprint density at radius 3 is 3.00 bits per heavy atom. The molecule has 0 aliphatic rings. The maximum Gasteiger partial charge on any atom is 0.146 e. The van der Waals surface area contributed by atoms with Gasteiger partial charge in [0.2, 0.25) is 0 Å². The SMILES string of the molecule is CCCNC(CCc1ccco1)c1ccncc1F. The van der Waals surface area contributed by atoms with E-state index in [1.54, 1.807) is 18.5 Å². The highest BCUT2D eigenvalue weighted by atomic mass is 19.1. The van der Waals surface area contributed by atoms with E-state index in [-0.39, 0.29) is 11.9 Å². The van der Waals surface area contributed by atoms with Gasteiger partial charge in [-0.15, -0.1) is 0 Å². The third kappa shape index (κ3) is 3.89. The fourth-order valence-corrected chi connectivity index (χ4v) is 2.10. The summed E-state index contributed by atoms with van der Waals surface area (Å²) in [7, 11) is 0. The van der Waals surface area contributed by atoms with Crippen molar-refractivity contribution in [2.45, 2.75) is 32.2 Å². The van der Waals surface area contributed by atoms with Crippen molar-refractivity contribution in [2.24, 2.45) is 0 Å². The van der Waals surface area contributed by atoms with Crippen LogP contribution in [0.2, 0.25) is 0 Å². The third-order valence-electron chi connectivity index (χ3n) is 3.08. The number of nitrogens with zero attached hydrogens (tertiary/aromatic N) is 1. The summed E-state index contributed by atoms with van der Waals surface area (Å²) in [6, 6.07) is 5.55. The number of furan rings is 1. The average molecular weight is 262 g/mol. The van der Waals surface area contributed by atoms with Gasteiger partial charge in [0, 0.05) is 24.2 Å². The lowest BCUT2D eigenvalue weighted by Gasteiger charge is -2.18. The Balaban J connectivity index is 2.05. The van der Waals surface area contributed by atoms with Gasteiger partial charge in [0.25, 0.3) is 0 Å². The topological polar surface area (TPSA) is 38.1 Å². The van der Waals surface area contributed by atoms with Crippen LogP contribution in [0.1, 0.15) is 37.1 Å². The molecule has 1 unspecified atom stereocenters. The van der Waals surface area contributed by atoms with Crippen LogP contribution in [0.25, 0.3) is 0 Å². The molecule has 1 N–H and O–H groups in total. The highest BCUT2D eigenvalue weighted by molar-refractivity contribution is 5.17. The quantitative estimate of drug-likeness (QED) is 0.830. The van der Waals surface area contributed by atoms with Crippen LogP contribution in [0.4, 0.5) is 4.39 Å². The highest BCUT2D eigenvalue weighted by Gasteiger charge is 2.15. The van der Waals surface area contributed by atoms with Gasteiger partial charge in [0.05, 0.1) is 12.5 Å². The zero-order valence-electron chi connectivity index (χ0n) is 11.1. The molecule has 0 saturated heterocycles. The molecule has 19 heavy (non-hydrogen) atoms. The zero-order valence-corrected chi connectivity index (χ0v) is 11.1. The molecule has 2 aromatic rings. The standard InChI is InChI=1S/C15H19FN2O/c1-2-8-18-15(6-5-12-4-3-10-19-12)13-7-9-17-11-14(13)16/h3-4,7,9-11,15,18H,2,5-6,8H2,1H3. The van der Waals surface area contributed by atoms with E-state index < -0.39 is 0 Å². The second-order valence-electron chi connectivity index (χ2n) is 4.52. The summed E-state index contributed by atoms with van der Waals surface area (Å²) in [4.78, 5) is 3.80. The summed E-state index contributed by atoms with van der Waals surface area (Å²) < 4.78 is 19.1. The van der Waals surface area contributed by atoms with Gasteiger partial charge in [-0.05, 0) is 37.6 Å². The number of rotatable bonds is 7. The number of hydrogen-bond acceptors (Lipinski definition) is 3. The molecular formula is C15H19FN2O. The third-order valence-corrected chi connectivity index (χ3v) is 3.08. The number of hydrogen-bond donors (Lipinski definition) is 1. The molecule has 0 saturated carbocycles. The maximum absolute atomic E-state index is 13.8. The lowest BCUT2D eigenvalue weighted by Crippen LogP contribution is -2.23. The molecular weight excluding hydrogens is 243 g/mol. The van der Waals surface area contributed by atoms with Gasteiger partial charge in [0.15, 0.2) is 0 Å². The zero-order chi connectivity index (χ0) is 13.5. The van der Waals surface area contributed by atoms with Crippen LogP contribution in [0.3, 0.4) is 0 Å². The molecule has 1 atom stereocenters. The smallest absolute Gasteiger partial charge is 0.146 e. The van der Waals surface area contributed by atoms with Gasteiger partial charge in [-0.1, -0.05) is 6.92 Å². The Hall–Kier alpha value is -1.68. The monoisotopic (exact) mass is 262 g/mol. The summed E-state index contributed by atoms with van der Waals surface area (Å²) in [6.45, 7) is 2.96. The van der Waals surface area contributed by atoms with Crippen LogP contribution >= 0.6 is 0 Å². The van der Waals surface area contributed by atoms with Crippen LogP contribution < -0.4 is 5.32 Å². The van der Waals surface area contributed by atoms with E-state index in [4.69, 9.17) is 4.42 Å². The molecule has 0 aliphatic heterocycles. The van der Waals surface area contributed by atoms with E-state index in [0.717, 1.165) is 31.6 Å². The number of aryl methyl sites for hydroxylation is 1. The van der Waals surface area contributed by atoms with Crippen LogP contribution in [-0.2, 0) is 6.42 Å². The first-order valence-corrected chi connectivity index (χ1v) is 6.66. The minimum Gasteiger partial charge on any atom is -0.469 e. The second kappa shape index (κ2) is 7.04. The van der Waals surface area contributed by atoms with Crippen molar-refractivity contribution in [2.75, 3.05) is 6.54 Å². The van der Waals surface area contributed by atoms with Crippen LogP contribution in [0, 0.1) is 5.82 Å². The van der Waals surface area contributed by atoms with Crippen LogP contribution in [-0.4, -0.2) is 11.5 Å². The highest BCUT2D eigenvalue weighted by Crippen LogP contribution is 2.21. The van der Waals surface area contributed by atoms with Crippen molar-refractivity contribution >= 4 is 0 Å². The number of pyridine rings is 1.